The van der Waals surface area contributed by atoms with Gasteiger partial charge in [-0.1, -0.05) is 43.3 Å². The molecule has 2 saturated carbocycles. The molecule has 1 aromatic carbocycles. The van der Waals surface area contributed by atoms with Crippen LogP contribution in [0.15, 0.2) is 48.7 Å². The zero-order valence-electron chi connectivity index (χ0n) is 15.6. The van der Waals surface area contributed by atoms with Gasteiger partial charge in [-0.25, -0.2) is 4.98 Å². The summed E-state index contributed by atoms with van der Waals surface area (Å²) in [7, 11) is 0. The fourth-order valence-corrected chi connectivity index (χ4v) is 5.23. The summed E-state index contributed by atoms with van der Waals surface area (Å²) in [4.78, 5) is 33.1. The summed E-state index contributed by atoms with van der Waals surface area (Å²) in [6.07, 6.45) is 2.21. The molecule has 4 unspecified atom stereocenters. The quantitative estimate of drug-likeness (QED) is 0.631. The maximum atomic E-state index is 13.0. The number of hydrogen-bond donors (Lipinski definition) is 3. The predicted octanol–water partition coefficient (Wildman–Crippen LogP) is 1.64. The molecule has 2 aromatic heterocycles. The number of rotatable bonds is 4. The van der Waals surface area contributed by atoms with E-state index in [1.54, 1.807) is 6.20 Å². The van der Waals surface area contributed by atoms with Crippen LogP contribution in [0.4, 0.5) is 5.82 Å². The summed E-state index contributed by atoms with van der Waals surface area (Å²) in [6, 6.07) is 13.7. The maximum Gasteiger partial charge on any atom is 0.289 e. The number of aromatic amines is 1. The standard InChI is InChI=1S/C21H18N6O2/c1-20-14-12-8-5-9-22-16(12)24-19(29)21(20,15(14)20)25-18(28)17-23-13(26-27-17)10-11-6-3-2-4-7-11/h2-9,14-15H,10H2,1H3,(H,25,28)(H,22,24,29)(H,23,26,27). The smallest absolute Gasteiger partial charge is 0.289 e. The van der Waals surface area contributed by atoms with Gasteiger partial charge in [0.2, 0.25) is 5.82 Å². The molecule has 144 valence electrons. The molecule has 8 heteroatoms. The zero-order chi connectivity index (χ0) is 19.8. The highest BCUT2D eigenvalue weighted by atomic mass is 16.2. The van der Waals surface area contributed by atoms with Gasteiger partial charge in [0, 0.05) is 29.9 Å². The highest BCUT2D eigenvalue weighted by Crippen LogP contribution is 2.90. The molecular weight excluding hydrogens is 368 g/mol. The van der Waals surface area contributed by atoms with Crippen molar-refractivity contribution in [3.05, 3.63) is 71.4 Å². The van der Waals surface area contributed by atoms with E-state index in [1.165, 1.54) is 0 Å². The van der Waals surface area contributed by atoms with Gasteiger partial charge in [0.05, 0.1) is 0 Å². The number of carbonyl (C=O) groups is 2. The number of aromatic nitrogens is 4. The molecular formula is C21H18N6O2. The summed E-state index contributed by atoms with van der Waals surface area (Å²) < 4.78 is 0. The van der Waals surface area contributed by atoms with Gasteiger partial charge in [-0.3, -0.25) is 9.59 Å². The molecule has 8 nitrogen and oxygen atoms in total. The molecule has 2 aliphatic carbocycles. The molecule has 2 amide bonds. The van der Waals surface area contributed by atoms with Crippen LogP contribution in [0.1, 0.15) is 40.4 Å². The van der Waals surface area contributed by atoms with E-state index in [2.05, 4.69) is 30.8 Å². The third-order valence-electron chi connectivity index (χ3n) is 6.79. The first-order valence-corrected chi connectivity index (χ1v) is 9.60. The van der Waals surface area contributed by atoms with E-state index in [0.29, 0.717) is 18.1 Å². The minimum Gasteiger partial charge on any atom is -0.334 e. The minimum atomic E-state index is -0.915. The van der Waals surface area contributed by atoms with E-state index >= 15 is 0 Å². The Morgan fingerprint density at radius 3 is 2.76 bits per heavy atom. The van der Waals surface area contributed by atoms with Gasteiger partial charge in [-0.15, -0.1) is 10.2 Å². The van der Waals surface area contributed by atoms with E-state index in [-0.39, 0.29) is 29.0 Å². The van der Waals surface area contributed by atoms with Gasteiger partial charge >= 0.3 is 0 Å². The van der Waals surface area contributed by atoms with Crippen molar-refractivity contribution >= 4 is 17.6 Å². The summed E-state index contributed by atoms with van der Waals surface area (Å²) in [5, 5.41) is 13.9. The lowest BCUT2D eigenvalue weighted by molar-refractivity contribution is -0.121. The number of fused-ring (bicyclic) bond motifs is 1. The van der Waals surface area contributed by atoms with Gasteiger partial charge < -0.3 is 15.6 Å². The molecule has 0 saturated heterocycles. The second kappa shape index (κ2) is 5.28. The van der Waals surface area contributed by atoms with Crippen LogP contribution >= 0.6 is 0 Å². The van der Waals surface area contributed by atoms with Crippen LogP contribution in [0.3, 0.4) is 0 Å². The molecule has 3 N–H and O–H groups in total. The van der Waals surface area contributed by atoms with Crippen LogP contribution in [0, 0.1) is 11.3 Å². The summed E-state index contributed by atoms with van der Waals surface area (Å²) in [5.41, 5.74) is 0.914. The first kappa shape index (κ1) is 16.4. The van der Waals surface area contributed by atoms with Crippen molar-refractivity contribution in [2.24, 2.45) is 11.3 Å². The maximum absolute atomic E-state index is 13.0. The van der Waals surface area contributed by atoms with Crippen molar-refractivity contribution < 1.29 is 9.59 Å². The molecule has 7 rings (SSSR count). The zero-order valence-corrected chi connectivity index (χ0v) is 15.6. The highest BCUT2D eigenvalue weighted by molar-refractivity contribution is 6.10. The molecule has 0 radical (unpaired) electrons. The molecule has 2 fully saturated rings. The SMILES string of the molecule is CC12C3c4cccnc4NC(=O)C1(NC(=O)c1nnc(Cc4ccccc4)[nH]1)C32. The molecule has 4 atom stereocenters. The number of nitrogens with zero attached hydrogens (tertiary/aromatic N) is 3. The number of nitrogens with one attached hydrogen (secondary N) is 3. The van der Waals surface area contributed by atoms with Crippen LogP contribution in [0.25, 0.3) is 0 Å². The number of hydrogen-bond acceptors (Lipinski definition) is 5. The number of carbonyl (C=O) groups excluding carboxylic acids is 2. The van der Waals surface area contributed by atoms with Gasteiger partial charge in [0.1, 0.15) is 17.2 Å². The third kappa shape index (κ3) is 2.00. The van der Waals surface area contributed by atoms with Crippen molar-refractivity contribution in [2.75, 3.05) is 5.32 Å². The largest absolute Gasteiger partial charge is 0.334 e. The fraction of sp³-hybridized carbons (Fsp3) is 0.286. The fourth-order valence-electron chi connectivity index (χ4n) is 5.23. The van der Waals surface area contributed by atoms with E-state index < -0.39 is 11.4 Å². The first-order valence-electron chi connectivity index (χ1n) is 9.60. The molecule has 29 heavy (non-hydrogen) atoms. The van der Waals surface area contributed by atoms with E-state index in [1.807, 2.05) is 49.4 Å². The molecule has 2 aliphatic heterocycles. The number of anilines is 1. The van der Waals surface area contributed by atoms with Gasteiger partial charge in [0.15, 0.2) is 0 Å². The Balaban J connectivity index is 1.23. The Morgan fingerprint density at radius 1 is 1.17 bits per heavy atom. The average Bonchev–Trinajstić information content (AvgIpc) is 3.43. The van der Waals surface area contributed by atoms with Gasteiger partial charge in [0.25, 0.3) is 11.8 Å². The number of amides is 2. The number of pyridine rings is 1. The lowest BCUT2D eigenvalue weighted by Gasteiger charge is -2.26. The molecule has 2 bridgehead atoms. The summed E-state index contributed by atoms with van der Waals surface area (Å²) in [5.74, 6) is 0.990. The van der Waals surface area contributed by atoms with Crippen molar-refractivity contribution in [3.8, 4) is 0 Å². The molecule has 4 aliphatic rings. The molecule has 3 aromatic rings. The number of benzene rings is 1. The highest BCUT2D eigenvalue weighted by Gasteiger charge is 2.97. The van der Waals surface area contributed by atoms with Crippen LogP contribution in [0.2, 0.25) is 0 Å². The lowest BCUT2D eigenvalue weighted by atomic mass is 9.87. The van der Waals surface area contributed by atoms with Crippen molar-refractivity contribution in [1.29, 1.82) is 0 Å². The summed E-state index contributed by atoms with van der Waals surface area (Å²) >= 11 is 0. The second-order valence-electron chi connectivity index (χ2n) is 8.18. The van der Waals surface area contributed by atoms with Gasteiger partial charge in [-0.05, 0) is 17.2 Å². The van der Waals surface area contributed by atoms with Gasteiger partial charge in [-0.2, -0.15) is 0 Å². The second-order valence-corrected chi connectivity index (χ2v) is 8.18. The topological polar surface area (TPSA) is 113 Å². The molecule has 4 heterocycles. The van der Waals surface area contributed by atoms with Crippen LogP contribution in [-0.4, -0.2) is 37.5 Å². The Kier molecular flexibility index (Phi) is 2.99. The van der Waals surface area contributed by atoms with E-state index in [0.717, 1.165) is 11.1 Å². The van der Waals surface area contributed by atoms with E-state index in [4.69, 9.17) is 0 Å². The minimum absolute atomic E-state index is 0.0797. The monoisotopic (exact) mass is 386 g/mol. The van der Waals surface area contributed by atoms with Crippen LogP contribution < -0.4 is 10.6 Å². The Hall–Kier alpha value is -3.55. The van der Waals surface area contributed by atoms with Crippen molar-refractivity contribution in [1.82, 2.24) is 25.5 Å². The van der Waals surface area contributed by atoms with Crippen LogP contribution in [0.5, 0.6) is 0 Å². The lowest BCUT2D eigenvalue weighted by Crippen LogP contribution is -2.53. The Bertz CT molecular complexity index is 1170. The Morgan fingerprint density at radius 2 is 1.97 bits per heavy atom. The third-order valence-corrected chi connectivity index (χ3v) is 6.79. The summed E-state index contributed by atoms with van der Waals surface area (Å²) in [6.45, 7) is 2.05. The Labute approximate surface area is 166 Å². The van der Waals surface area contributed by atoms with Crippen molar-refractivity contribution in [3.63, 3.8) is 0 Å². The number of H-pyrrole nitrogens is 1. The normalized spacial score (nSPS) is 30.4. The van der Waals surface area contributed by atoms with E-state index in [9.17, 15) is 9.59 Å². The van der Waals surface area contributed by atoms with Crippen LogP contribution in [-0.2, 0) is 11.2 Å². The first-order chi connectivity index (χ1) is 14.1. The van der Waals surface area contributed by atoms with Crippen molar-refractivity contribution in [2.45, 2.75) is 24.8 Å². The average molecular weight is 386 g/mol. The predicted molar refractivity (Wildman–Crippen MR) is 103 cm³/mol. The molecule has 0 spiro atoms.